The number of halogens is 1. The fourth-order valence-corrected chi connectivity index (χ4v) is 2.42. The summed E-state index contributed by atoms with van der Waals surface area (Å²) < 4.78 is 4.98. The summed E-state index contributed by atoms with van der Waals surface area (Å²) in [6.45, 7) is -0.475. The Morgan fingerprint density at radius 3 is 2.84 bits per heavy atom. The largest absolute Gasteiger partial charge is 0.451 e. The summed E-state index contributed by atoms with van der Waals surface area (Å²) in [4.78, 5) is 24.0. The minimum Gasteiger partial charge on any atom is -0.451 e. The number of nitrogens with one attached hydrogen (secondary N) is 2. The average molecular weight is 355 g/mol. The van der Waals surface area contributed by atoms with Crippen molar-refractivity contribution < 1.29 is 14.3 Å². The Morgan fingerprint density at radius 2 is 2.08 bits per heavy atom. The Labute approximate surface area is 147 Å². The molecule has 0 saturated heterocycles. The molecule has 0 spiro atoms. The fraction of sp³-hybridized carbons (Fsp3) is 0.0588. The summed E-state index contributed by atoms with van der Waals surface area (Å²) in [6, 6.07) is 13.5. The molecule has 0 aliphatic heterocycles. The maximum absolute atomic E-state index is 12.1. The van der Waals surface area contributed by atoms with Crippen LogP contribution in [-0.2, 0) is 9.53 Å². The summed E-state index contributed by atoms with van der Waals surface area (Å²) >= 11 is 5.89. The van der Waals surface area contributed by atoms with E-state index in [2.05, 4.69) is 15.5 Å². The second-order valence-corrected chi connectivity index (χ2v) is 5.46. The monoisotopic (exact) mass is 354 g/mol. The third-order valence-electron chi connectivity index (χ3n) is 3.37. The van der Waals surface area contributed by atoms with Crippen molar-refractivity contribution in [2.75, 3.05) is 11.9 Å². The van der Waals surface area contributed by atoms with Gasteiger partial charge in [-0.2, -0.15) is 10.4 Å². The van der Waals surface area contributed by atoms with E-state index in [0.717, 1.165) is 0 Å². The number of aromatic nitrogens is 2. The maximum atomic E-state index is 12.1. The van der Waals surface area contributed by atoms with Crippen molar-refractivity contribution in [3.63, 3.8) is 0 Å². The second-order valence-electron chi connectivity index (χ2n) is 5.05. The zero-order chi connectivity index (χ0) is 17.8. The number of carbonyl (C=O) groups excluding carboxylic acids is 2. The molecule has 2 aromatic carbocycles. The van der Waals surface area contributed by atoms with Gasteiger partial charge in [0, 0.05) is 11.1 Å². The summed E-state index contributed by atoms with van der Waals surface area (Å²) in [6.07, 6.45) is 0. The molecule has 0 unspecified atom stereocenters. The number of rotatable bonds is 4. The van der Waals surface area contributed by atoms with Gasteiger partial charge in [0.1, 0.15) is 6.07 Å². The molecule has 0 aliphatic rings. The molecule has 124 valence electrons. The molecule has 1 heterocycles. The molecule has 3 aromatic rings. The Bertz CT molecular complexity index is 1010. The summed E-state index contributed by atoms with van der Waals surface area (Å²) in [5.74, 6) is -1.24. The molecule has 2 N–H and O–H groups in total. The van der Waals surface area contributed by atoms with E-state index in [9.17, 15) is 9.59 Å². The van der Waals surface area contributed by atoms with Gasteiger partial charge in [0.2, 0.25) is 0 Å². The number of anilines is 1. The summed E-state index contributed by atoms with van der Waals surface area (Å²) in [7, 11) is 0. The van der Waals surface area contributed by atoms with E-state index in [1.165, 1.54) is 18.2 Å². The van der Waals surface area contributed by atoms with Crippen LogP contribution in [0.15, 0.2) is 42.5 Å². The highest BCUT2D eigenvalue weighted by Gasteiger charge is 2.16. The van der Waals surface area contributed by atoms with E-state index in [1.54, 1.807) is 18.2 Å². The molecule has 1 amide bonds. The van der Waals surface area contributed by atoms with Crippen LogP contribution < -0.4 is 5.32 Å². The lowest BCUT2D eigenvalue weighted by Crippen LogP contribution is -2.21. The first-order chi connectivity index (χ1) is 12.1. The van der Waals surface area contributed by atoms with Crippen molar-refractivity contribution in [3.05, 3.63) is 58.7 Å². The van der Waals surface area contributed by atoms with Crippen molar-refractivity contribution in [1.29, 1.82) is 5.26 Å². The zero-order valence-electron chi connectivity index (χ0n) is 12.7. The smallest absolute Gasteiger partial charge is 0.359 e. The highest BCUT2D eigenvalue weighted by atomic mass is 35.5. The minimum absolute atomic E-state index is 0.116. The zero-order valence-corrected chi connectivity index (χ0v) is 13.5. The Balaban J connectivity index is 1.61. The van der Waals surface area contributed by atoms with Crippen LogP contribution in [-0.4, -0.2) is 28.7 Å². The molecule has 0 saturated carbocycles. The van der Waals surface area contributed by atoms with Gasteiger partial charge in [-0.15, -0.1) is 0 Å². The number of amides is 1. The molecule has 7 nitrogen and oxygen atoms in total. The van der Waals surface area contributed by atoms with Crippen molar-refractivity contribution in [1.82, 2.24) is 10.2 Å². The number of carbonyl (C=O) groups is 2. The number of nitrogens with zero attached hydrogens (tertiary/aromatic N) is 2. The van der Waals surface area contributed by atoms with Crippen molar-refractivity contribution >= 4 is 40.1 Å². The molecule has 0 radical (unpaired) electrons. The molecule has 0 bridgehead atoms. The topological polar surface area (TPSA) is 108 Å². The lowest BCUT2D eigenvalue weighted by Gasteiger charge is -2.06. The van der Waals surface area contributed by atoms with E-state index < -0.39 is 18.5 Å². The van der Waals surface area contributed by atoms with E-state index in [1.807, 2.05) is 12.1 Å². The highest BCUT2D eigenvalue weighted by molar-refractivity contribution is 6.32. The van der Waals surface area contributed by atoms with Crippen molar-refractivity contribution in [3.8, 4) is 6.07 Å². The number of H-pyrrole nitrogens is 1. The van der Waals surface area contributed by atoms with Crippen molar-refractivity contribution in [2.24, 2.45) is 0 Å². The van der Waals surface area contributed by atoms with Gasteiger partial charge in [0.15, 0.2) is 12.3 Å². The number of aromatic amines is 1. The Kier molecular flexibility index (Phi) is 4.64. The molecular weight excluding hydrogens is 344 g/mol. The molecule has 3 rings (SSSR count). The molecular formula is C17H11ClN4O3. The van der Waals surface area contributed by atoms with Crippen LogP contribution in [0.1, 0.15) is 16.1 Å². The van der Waals surface area contributed by atoms with Gasteiger partial charge in [-0.3, -0.25) is 9.89 Å². The lowest BCUT2D eigenvalue weighted by molar-refractivity contribution is -0.119. The summed E-state index contributed by atoms with van der Waals surface area (Å²) in [5, 5.41) is 18.8. The van der Waals surface area contributed by atoms with E-state index >= 15 is 0 Å². The number of para-hydroxylation sites is 1. The van der Waals surface area contributed by atoms with Crippen LogP contribution in [0.5, 0.6) is 0 Å². The van der Waals surface area contributed by atoms with Gasteiger partial charge in [0.05, 0.1) is 16.1 Å². The third-order valence-corrected chi connectivity index (χ3v) is 3.68. The average Bonchev–Trinajstić information content (AvgIpc) is 3.04. The van der Waals surface area contributed by atoms with Gasteiger partial charge in [-0.25, -0.2) is 4.79 Å². The van der Waals surface area contributed by atoms with Crippen LogP contribution in [0.3, 0.4) is 0 Å². The summed E-state index contributed by atoms with van der Waals surface area (Å²) in [5.41, 5.74) is 1.52. The first kappa shape index (κ1) is 16.5. The fourth-order valence-electron chi connectivity index (χ4n) is 2.20. The van der Waals surface area contributed by atoms with Gasteiger partial charge < -0.3 is 10.1 Å². The molecule has 0 aliphatic carbocycles. The normalized spacial score (nSPS) is 10.2. The van der Waals surface area contributed by atoms with Crippen LogP contribution in [0, 0.1) is 11.3 Å². The number of nitriles is 1. The number of ether oxygens (including phenoxy) is 1. The molecule has 1 aromatic heterocycles. The first-order valence-corrected chi connectivity index (χ1v) is 7.56. The maximum Gasteiger partial charge on any atom is 0.359 e. The van der Waals surface area contributed by atoms with Gasteiger partial charge in [0.25, 0.3) is 5.91 Å². The SMILES string of the molecule is N#Cc1ccc(NC(=O)COC(=O)c2n[nH]c3ccccc23)cc1Cl. The molecule has 0 fully saturated rings. The predicted molar refractivity (Wildman–Crippen MR) is 91.2 cm³/mol. The van der Waals surface area contributed by atoms with E-state index in [0.29, 0.717) is 22.2 Å². The standard InChI is InChI=1S/C17H11ClN4O3/c18-13-7-11(6-5-10(13)8-19)20-15(23)9-25-17(24)16-12-3-1-2-4-14(12)21-22-16/h1-7H,9H2,(H,20,23)(H,21,22). The van der Waals surface area contributed by atoms with Crippen molar-refractivity contribution in [2.45, 2.75) is 0 Å². The van der Waals surface area contributed by atoms with Crippen LogP contribution in [0.2, 0.25) is 5.02 Å². The lowest BCUT2D eigenvalue weighted by atomic mass is 10.2. The van der Waals surface area contributed by atoms with Crippen LogP contribution in [0.25, 0.3) is 10.9 Å². The van der Waals surface area contributed by atoms with Crippen LogP contribution >= 0.6 is 11.6 Å². The highest BCUT2D eigenvalue weighted by Crippen LogP contribution is 2.20. The van der Waals surface area contributed by atoms with Gasteiger partial charge >= 0.3 is 5.97 Å². The first-order valence-electron chi connectivity index (χ1n) is 7.18. The minimum atomic E-state index is -0.703. The number of benzene rings is 2. The molecule has 25 heavy (non-hydrogen) atoms. The molecule has 8 heteroatoms. The number of esters is 1. The van der Waals surface area contributed by atoms with Crippen LogP contribution in [0.4, 0.5) is 5.69 Å². The number of hydrogen-bond acceptors (Lipinski definition) is 5. The quantitative estimate of drug-likeness (QED) is 0.700. The van der Waals surface area contributed by atoms with Gasteiger partial charge in [-0.05, 0) is 24.3 Å². The Morgan fingerprint density at radius 1 is 1.28 bits per heavy atom. The molecule has 0 atom stereocenters. The Hall–Kier alpha value is -3.37. The van der Waals surface area contributed by atoms with Gasteiger partial charge in [-0.1, -0.05) is 29.8 Å². The third kappa shape index (κ3) is 3.59. The van der Waals surface area contributed by atoms with E-state index in [4.69, 9.17) is 21.6 Å². The number of hydrogen-bond donors (Lipinski definition) is 2. The second kappa shape index (κ2) is 7.03. The number of fused-ring (bicyclic) bond motifs is 1. The van der Waals surface area contributed by atoms with E-state index in [-0.39, 0.29) is 10.7 Å². The predicted octanol–water partition coefficient (Wildman–Crippen LogP) is 2.88.